The Balaban J connectivity index is 1.78. The van der Waals surface area contributed by atoms with E-state index in [9.17, 15) is 18.0 Å². The molecular weight excluding hydrogens is 606 g/mol. The zero-order chi connectivity index (χ0) is 32.4. The van der Waals surface area contributed by atoms with Gasteiger partial charge in [0, 0.05) is 24.5 Å². The molecule has 4 aromatic carbocycles. The summed E-state index contributed by atoms with van der Waals surface area (Å²) >= 11 is 6.14. The highest BCUT2D eigenvalue weighted by Gasteiger charge is 2.34. The Hall–Kier alpha value is -4.14. The molecule has 0 fully saturated rings. The van der Waals surface area contributed by atoms with Crippen LogP contribution in [0.3, 0.4) is 0 Å². The summed E-state index contributed by atoms with van der Waals surface area (Å²) < 4.78 is 29.3. The number of amides is 2. The maximum absolute atomic E-state index is 14.5. The maximum Gasteiger partial charge on any atom is 0.264 e. The van der Waals surface area contributed by atoms with E-state index in [1.165, 1.54) is 17.0 Å². The summed E-state index contributed by atoms with van der Waals surface area (Å²) in [6.07, 6.45) is 1.97. The van der Waals surface area contributed by atoms with E-state index in [-0.39, 0.29) is 29.5 Å². The Morgan fingerprint density at radius 3 is 2.13 bits per heavy atom. The number of rotatable bonds is 14. The second kappa shape index (κ2) is 15.7. The van der Waals surface area contributed by atoms with Crippen molar-refractivity contribution in [3.63, 3.8) is 0 Å². The van der Waals surface area contributed by atoms with Crippen LogP contribution in [0, 0.1) is 13.8 Å². The molecule has 0 spiro atoms. The van der Waals surface area contributed by atoms with Gasteiger partial charge in [-0.15, -0.1) is 0 Å². The summed E-state index contributed by atoms with van der Waals surface area (Å²) in [6, 6.07) is 29.2. The van der Waals surface area contributed by atoms with Crippen molar-refractivity contribution >= 4 is 39.1 Å². The van der Waals surface area contributed by atoms with Crippen molar-refractivity contribution in [1.82, 2.24) is 10.2 Å². The van der Waals surface area contributed by atoms with Crippen LogP contribution in [-0.4, -0.2) is 44.3 Å². The molecule has 1 N–H and O–H groups in total. The van der Waals surface area contributed by atoms with Crippen LogP contribution in [0.5, 0.6) is 0 Å². The Labute approximate surface area is 271 Å². The normalized spacial score (nSPS) is 11.9. The molecule has 1 atom stereocenters. The zero-order valence-electron chi connectivity index (χ0n) is 25.9. The van der Waals surface area contributed by atoms with Crippen LogP contribution in [0.25, 0.3) is 0 Å². The number of carbonyl (C=O) groups is 2. The van der Waals surface area contributed by atoms with Crippen molar-refractivity contribution < 1.29 is 18.0 Å². The summed E-state index contributed by atoms with van der Waals surface area (Å²) in [5.74, 6) is -0.790. The molecule has 0 aromatic heterocycles. The lowest BCUT2D eigenvalue weighted by Crippen LogP contribution is -2.53. The van der Waals surface area contributed by atoms with Crippen LogP contribution in [0.4, 0.5) is 5.69 Å². The first-order chi connectivity index (χ1) is 21.6. The van der Waals surface area contributed by atoms with Crippen molar-refractivity contribution in [2.45, 2.75) is 57.5 Å². The number of carbonyl (C=O) groups excluding carboxylic acids is 2. The third-order valence-electron chi connectivity index (χ3n) is 7.54. The fraction of sp³-hybridized carbons (Fsp3) is 0.278. The highest BCUT2D eigenvalue weighted by molar-refractivity contribution is 7.92. The molecule has 4 aromatic rings. The highest BCUT2D eigenvalue weighted by atomic mass is 35.5. The lowest BCUT2D eigenvalue weighted by molar-refractivity contribution is -0.140. The fourth-order valence-electron chi connectivity index (χ4n) is 5.04. The molecule has 2 amide bonds. The molecule has 0 bridgehead atoms. The first-order valence-electron chi connectivity index (χ1n) is 15.1. The van der Waals surface area contributed by atoms with E-state index in [2.05, 4.69) is 5.32 Å². The van der Waals surface area contributed by atoms with Gasteiger partial charge in [0.2, 0.25) is 11.8 Å². The van der Waals surface area contributed by atoms with Gasteiger partial charge in [0.25, 0.3) is 10.0 Å². The second-order valence-electron chi connectivity index (χ2n) is 11.2. The van der Waals surface area contributed by atoms with E-state index in [0.29, 0.717) is 11.6 Å². The van der Waals surface area contributed by atoms with E-state index in [0.717, 1.165) is 39.4 Å². The summed E-state index contributed by atoms with van der Waals surface area (Å²) in [4.78, 5) is 29.9. The van der Waals surface area contributed by atoms with Crippen LogP contribution < -0.4 is 9.62 Å². The minimum absolute atomic E-state index is 0.0548. The third kappa shape index (κ3) is 9.19. The van der Waals surface area contributed by atoms with Crippen LogP contribution in [0.1, 0.15) is 42.0 Å². The average Bonchev–Trinajstić information content (AvgIpc) is 3.02. The van der Waals surface area contributed by atoms with Crippen LogP contribution >= 0.6 is 11.6 Å². The Kier molecular flexibility index (Phi) is 11.8. The van der Waals surface area contributed by atoms with Gasteiger partial charge in [-0.2, -0.15) is 0 Å². The fourth-order valence-corrected chi connectivity index (χ4v) is 6.58. The summed E-state index contributed by atoms with van der Waals surface area (Å²) in [5.41, 5.74) is 3.93. The van der Waals surface area contributed by atoms with Gasteiger partial charge in [0.1, 0.15) is 12.6 Å². The van der Waals surface area contributed by atoms with Crippen molar-refractivity contribution in [2.75, 3.05) is 17.4 Å². The number of halogens is 1. The number of benzene rings is 4. The van der Waals surface area contributed by atoms with E-state index in [4.69, 9.17) is 11.6 Å². The molecule has 0 radical (unpaired) electrons. The van der Waals surface area contributed by atoms with E-state index in [1.807, 2.05) is 75.4 Å². The van der Waals surface area contributed by atoms with Gasteiger partial charge >= 0.3 is 0 Å². The number of nitrogens with zero attached hydrogens (tertiary/aromatic N) is 2. The summed E-state index contributed by atoms with van der Waals surface area (Å²) in [6.45, 7) is 5.96. The quantitative estimate of drug-likeness (QED) is 0.155. The molecule has 0 aliphatic rings. The van der Waals surface area contributed by atoms with Crippen LogP contribution in [0.2, 0.25) is 5.02 Å². The SMILES string of the molecule is CCCCNC(=O)[C@H](Cc1ccccc1)N(Cc1cccc(C)c1)C(=O)CN(c1ccc(Cl)cc1)S(=O)(=O)c1ccc(C)cc1. The highest BCUT2D eigenvalue weighted by Crippen LogP contribution is 2.27. The maximum atomic E-state index is 14.5. The first kappa shape index (κ1) is 33.7. The van der Waals surface area contributed by atoms with Crippen molar-refractivity contribution in [2.24, 2.45) is 0 Å². The van der Waals surface area contributed by atoms with Crippen molar-refractivity contribution in [3.8, 4) is 0 Å². The van der Waals surface area contributed by atoms with Gasteiger partial charge in [-0.1, -0.05) is 103 Å². The number of hydrogen-bond donors (Lipinski definition) is 1. The third-order valence-corrected chi connectivity index (χ3v) is 9.58. The topological polar surface area (TPSA) is 86.8 Å². The number of unbranched alkanes of at least 4 members (excludes halogenated alkanes) is 1. The molecule has 4 rings (SSSR count). The van der Waals surface area contributed by atoms with E-state index < -0.39 is 28.5 Å². The lowest BCUT2D eigenvalue weighted by atomic mass is 10.0. The standard InChI is InChI=1S/C36H40ClN3O4S/c1-4-5-22-38-36(42)34(24-29-11-7-6-8-12-29)39(25-30-13-9-10-28(3)23-30)35(41)26-40(32-18-16-31(37)17-19-32)45(43,44)33-20-14-27(2)15-21-33/h6-21,23,34H,4-5,22,24-26H2,1-3H3,(H,38,42)/t34-/m0/s1. The Morgan fingerprint density at radius 2 is 1.49 bits per heavy atom. The molecule has 0 aliphatic carbocycles. The summed E-state index contributed by atoms with van der Waals surface area (Å²) in [5, 5.41) is 3.45. The van der Waals surface area contributed by atoms with E-state index >= 15 is 0 Å². The number of sulfonamides is 1. The largest absolute Gasteiger partial charge is 0.354 e. The van der Waals surface area contributed by atoms with Crippen molar-refractivity contribution in [1.29, 1.82) is 0 Å². The Morgan fingerprint density at radius 1 is 0.822 bits per heavy atom. The van der Waals surface area contributed by atoms with Gasteiger partial charge in [-0.25, -0.2) is 8.42 Å². The molecule has 0 saturated carbocycles. The molecule has 0 unspecified atom stereocenters. The molecule has 45 heavy (non-hydrogen) atoms. The molecule has 7 nitrogen and oxygen atoms in total. The van der Waals surface area contributed by atoms with E-state index in [1.54, 1.807) is 36.4 Å². The Bertz CT molecular complexity index is 1680. The summed E-state index contributed by atoms with van der Waals surface area (Å²) in [7, 11) is -4.17. The smallest absolute Gasteiger partial charge is 0.264 e. The average molecular weight is 646 g/mol. The van der Waals surface area contributed by atoms with Crippen LogP contribution in [0.15, 0.2) is 108 Å². The van der Waals surface area contributed by atoms with Gasteiger partial charge in [0.05, 0.1) is 10.6 Å². The molecular formula is C36H40ClN3O4S. The number of aryl methyl sites for hydroxylation is 2. The molecule has 236 valence electrons. The number of anilines is 1. The number of nitrogens with one attached hydrogen (secondary N) is 1. The van der Waals surface area contributed by atoms with Crippen LogP contribution in [-0.2, 0) is 32.6 Å². The predicted molar refractivity (Wildman–Crippen MR) is 181 cm³/mol. The number of hydrogen-bond acceptors (Lipinski definition) is 4. The minimum Gasteiger partial charge on any atom is -0.354 e. The predicted octanol–water partition coefficient (Wildman–Crippen LogP) is 6.71. The van der Waals surface area contributed by atoms with Gasteiger partial charge in [-0.3, -0.25) is 13.9 Å². The minimum atomic E-state index is -4.17. The zero-order valence-corrected chi connectivity index (χ0v) is 27.5. The molecule has 0 saturated heterocycles. The lowest BCUT2D eigenvalue weighted by Gasteiger charge is -2.34. The van der Waals surface area contributed by atoms with Gasteiger partial charge < -0.3 is 10.2 Å². The first-order valence-corrected chi connectivity index (χ1v) is 16.9. The van der Waals surface area contributed by atoms with Gasteiger partial charge in [-0.05, 0) is 67.8 Å². The molecule has 0 heterocycles. The van der Waals surface area contributed by atoms with Crippen molar-refractivity contribution in [3.05, 3.63) is 130 Å². The van der Waals surface area contributed by atoms with Gasteiger partial charge in [0.15, 0.2) is 0 Å². The second-order valence-corrected chi connectivity index (χ2v) is 13.5. The monoisotopic (exact) mass is 645 g/mol. The molecule has 0 aliphatic heterocycles. The molecule has 9 heteroatoms.